The van der Waals surface area contributed by atoms with Crippen LogP contribution in [0.1, 0.15) is 13.2 Å². The first-order valence-corrected chi connectivity index (χ1v) is 14.9. The highest BCUT2D eigenvalue weighted by Crippen LogP contribution is 2.32. The minimum Gasteiger partial charge on any atom is -0.387 e. The molecule has 1 saturated heterocycles. The number of aliphatic hydroxyl groups excluding tert-OH is 2. The largest absolute Gasteiger partial charge is 0.387 e. The predicted octanol–water partition coefficient (Wildman–Crippen LogP) is 0.694. The van der Waals surface area contributed by atoms with Crippen LogP contribution in [0.3, 0.4) is 0 Å². The number of hydrogen-bond acceptors (Lipinski definition) is 10. The number of urea groups is 1. The van der Waals surface area contributed by atoms with Gasteiger partial charge in [-0.1, -0.05) is 0 Å². The van der Waals surface area contributed by atoms with Crippen molar-refractivity contribution >= 4 is 67.8 Å². The molecule has 3 aromatic rings. The lowest BCUT2D eigenvalue weighted by molar-refractivity contribution is -0.137. The van der Waals surface area contributed by atoms with Crippen LogP contribution in [0.5, 0.6) is 0 Å². The Morgan fingerprint density at radius 1 is 1.05 bits per heavy atom. The number of ether oxygens (including phenoxy) is 1. The third-order valence-electron chi connectivity index (χ3n) is 6.13. The maximum Gasteiger partial charge on any atom is 0.324 e. The number of likely N-dealkylation sites (N-methyl/N-ethyl adjacent to an activating group) is 1. The molecule has 41 heavy (non-hydrogen) atoms. The summed E-state index contributed by atoms with van der Waals surface area (Å²) >= 11 is 11.4. The highest BCUT2D eigenvalue weighted by Gasteiger charge is 2.47. The van der Waals surface area contributed by atoms with Crippen molar-refractivity contribution in [3.63, 3.8) is 0 Å². The van der Waals surface area contributed by atoms with Crippen molar-refractivity contribution < 1.29 is 33.0 Å². The molecule has 2 aromatic heterocycles. The van der Waals surface area contributed by atoms with Gasteiger partial charge >= 0.3 is 6.03 Å². The summed E-state index contributed by atoms with van der Waals surface area (Å²) in [6.45, 7) is 2.22. The van der Waals surface area contributed by atoms with Crippen molar-refractivity contribution in [1.29, 1.82) is 0 Å². The molecule has 0 spiro atoms. The molecule has 4 rings (SSSR count). The first-order chi connectivity index (χ1) is 19.6. The number of fused-ring (bicyclic) bond motifs is 1. The monoisotopic (exact) mass is 630 g/mol. The van der Waals surface area contributed by atoms with Crippen LogP contribution in [0.2, 0.25) is 0 Å². The van der Waals surface area contributed by atoms with Crippen molar-refractivity contribution in [2.75, 3.05) is 42.0 Å². The van der Waals surface area contributed by atoms with Crippen molar-refractivity contribution in [2.45, 2.75) is 36.4 Å². The molecule has 0 saturated carbocycles. The molecule has 222 valence electrons. The van der Waals surface area contributed by atoms with Crippen molar-refractivity contribution in [3.8, 4) is 0 Å². The van der Waals surface area contributed by atoms with E-state index in [4.69, 9.17) is 27.9 Å². The van der Waals surface area contributed by atoms with Gasteiger partial charge in [-0.15, -0.1) is 23.2 Å². The standard InChI is InChI=1S/C23H28Cl2N8O7S/c1-2-26-21(36)18-16(34)17(35)22(40-18)33-12-29-15-19(27-11-28-20(15)33)31-23(37)30-13-3-5-14(6-4-13)41(38,39)32(9-7-24)10-8-25/h3-6,11-12,16-18,22,34-35H,2,7-10H2,1H3,(H,26,36)(H2,27,28,30,31,37)/t16-,17+,18-,22+/m0/s1. The first kappa shape index (κ1) is 30.8. The van der Waals surface area contributed by atoms with Gasteiger partial charge in [0, 0.05) is 37.1 Å². The number of carbonyl (C=O) groups is 2. The zero-order chi connectivity index (χ0) is 29.7. The van der Waals surface area contributed by atoms with Crippen molar-refractivity contribution in [3.05, 3.63) is 36.9 Å². The highest BCUT2D eigenvalue weighted by atomic mass is 35.5. The van der Waals surface area contributed by atoms with Gasteiger partial charge in [-0.05, 0) is 31.2 Å². The fourth-order valence-electron chi connectivity index (χ4n) is 4.18. The van der Waals surface area contributed by atoms with E-state index in [-0.39, 0.29) is 46.7 Å². The summed E-state index contributed by atoms with van der Waals surface area (Å²) < 4.78 is 33.8. The Morgan fingerprint density at radius 3 is 2.37 bits per heavy atom. The Hall–Kier alpha value is -3.12. The average Bonchev–Trinajstić information content (AvgIpc) is 3.50. The summed E-state index contributed by atoms with van der Waals surface area (Å²) in [7, 11) is -3.82. The number of aromatic nitrogens is 4. The SMILES string of the molecule is CCNC(=O)[C@H]1O[C@@H](n2cnc3c(NC(=O)Nc4ccc(S(=O)(=O)N(CCCl)CCCl)cc4)ncnc32)[C@H](O)[C@@H]1O. The quantitative estimate of drug-likeness (QED) is 0.188. The van der Waals surface area contributed by atoms with Gasteiger partial charge in [0.15, 0.2) is 29.3 Å². The molecule has 0 aliphatic carbocycles. The smallest absolute Gasteiger partial charge is 0.324 e. The summed E-state index contributed by atoms with van der Waals surface area (Å²) in [4.78, 5) is 37.3. The van der Waals surface area contributed by atoms with Crippen LogP contribution in [-0.4, -0.2) is 104 Å². The number of carbonyl (C=O) groups excluding carboxylic acids is 2. The summed E-state index contributed by atoms with van der Waals surface area (Å²) in [6.07, 6.45) is -3.00. The Kier molecular flexibility index (Phi) is 9.96. The topological polar surface area (TPSA) is 201 Å². The minimum atomic E-state index is -3.82. The number of nitrogens with zero attached hydrogens (tertiary/aromatic N) is 5. The number of rotatable bonds is 11. The van der Waals surface area contributed by atoms with Crippen LogP contribution in [0.4, 0.5) is 16.3 Å². The number of anilines is 2. The molecular formula is C23H28Cl2N8O7S. The third-order valence-corrected chi connectivity index (χ3v) is 8.38. The van der Waals surface area contributed by atoms with E-state index in [1.807, 2.05) is 0 Å². The van der Waals surface area contributed by atoms with Gasteiger partial charge in [0.2, 0.25) is 10.0 Å². The molecule has 0 bridgehead atoms. The highest BCUT2D eigenvalue weighted by molar-refractivity contribution is 7.89. The van der Waals surface area contributed by atoms with Crippen molar-refractivity contribution in [1.82, 2.24) is 29.1 Å². The Bertz CT molecular complexity index is 1480. The molecular weight excluding hydrogens is 603 g/mol. The molecule has 1 fully saturated rings. The predicted molar refractivity (Wildman–Crippen MR) is 149 cm³/mol. The second-order valence-corrected chi connectivity index (χ2v) is 11.4. The van der Waals surface area contributed by atoms with E-state index in [2.05, 4.69) is 30.9 Å². The zero-order valence-electron chi connectivity index (χ0n) is 21.6. The molecule has 4 atom stereocenters. The summed E-state index contributed by atoms with van der Waals surface area (Å²) in [5.41, 5.74) is 0.608. The lowest BCUT2D eigenvalue weighted by Crippen LogP contribution is -2.42. The van der Waals surface area contributed by atoms with Gasteiger partial charge < -0.3 is 25.6 Å². The third kappa shape index (κ3) is 6.53. The summed E-state index contributed by atoms with van der Waals surface area (Å²) in [5.74, 6) is -0.334. The van der Waals surface area contributed by atoms with Gasteiger partial charge in [0.25, 0.3) is 5.91 Å². The molecule has 0 unspecified atom stereocenters. The van der Waals surface area contributed by atoms with Crippen LogP contribution in [0.25, 0.3) is 11.2 Å². The van der Waals surface area contributed by atoms with Gasteiger partial charge in [-0.3, -0.25) is 14.7 Å². The molecule has 1 aliphatic rings. The van der Waals surface area contributed by atoms with E-state index in [9.17, 15) is 28.2 Å². The second-order valence-electron chi connectivity index (χ2n) is 8.75. The maximum atomic E-state index is 12.9. The van der Waals surface area contributed by atoms with E-state index < -0.39 is 46.5 Å². The van der Waals surface area contributed by atoms with E-state index >= 15 is 0 Å². The number of halogens is 2. The number of amides is 3. The number of aliphatic hydroxyl groups is 2. The van der Waals surface area contributed by atoms with Crippen LogP contribution in [-0.2, 0) is 19.6 Å². The van der Waals surface area contributed by atoms with Gasteiger partial charge in [0.05, 0.1) is 11.2 Å². The second kappa shape index (κ2) is 13.2. The van der Waals surface area contributed by atoms with E-state index in [0.717, 1.165) is 6.33 Å². The van der Waals surface area contributed by atoms with Crippen LogP contribution in [0, 0.1) is 0 Å². The number of benzene rings is 1. The molecule has 15 nitrogen and oxygen atoms in total. The molecule has 18 heteroatoms. The molecule has 3 heterocycles. The summed E-state index contributed by atoms with van der Waals surface area (Å²) in [5, 5.41) is 28.5. The average molecular weight is 631 g/mol. The molecule has 1 aliphatic heterocycles. The fraction of sp³-hybridized carbons (Fsp3) is 0.435. The van der Waals surface area contributed by atoms with Crippen LogP contribution in [0.15, 0.2) is 41.8 Å². The van der Waals surface area contributed by atoms with Gasteiger partial charge in [0.1, 0.15) is 18.5 Å². The molecule has 1 aromatic carbocycles. The molecule has 5 N–H and O–H groups in total. The zero-order valence-corrected chi connectivity index (χ0v) is 24.0. The van der Waals surface area contributed by atoms with Crippen molar-refractivity contribution in [2.24, 2.45) is 0 Å². The Morgan fingerprint density at radius 2 is 1.73 bits per heavy atom. The van der Waals surface area contributed by atoms with E-state index in [1.165, 1.54) is 39.5 Å². The Labute approximate surface area is 244 Å². The summed E-state index contributed by atoms with van der Waals surface area (Å²) in [6, 6.07) is 4.84. The van der Waals surface area contributed by atoms with Crippen LogP contribution < -0.4 is 16.0 Å². The Balaban J connectivity index is 1.47. The number of sulfonamides is 1. The number of alkyl halides is 2. The van der Waals surface area contributed by atoms with E-state index in [0.29, 0.717) is 12.2 Å². The van der Waals surface area contributed by atoms with E-state index in [1.54, 1.807) is 6.92 Å². The normalized spacial score (nSPS) is 20.8. The maximum absolute atomic E-state index is 12.9. The van der Waals surface area contributed by atoms with Gasteiger partial charge in [-0.2, -0.15) is 4.31 Å². The first-order valence-electron chi connectivity index (χ1n) is 12.4. The lowest BCUT2D eigenvalue weighted by atomic mass is 10.1. The van der Waals surface area contributed by atoms with Gasteiger partial charge in [-0.25, -0.2) is 28.2 Å². The fourth-order valence-corrected chi connectivity index (χ4v) is 6.23. The van der Waals surface area contributed by atoms with Crippen LogP contribution >= 0.6 is 23.2 Å². The minimum absolute atomic E-state index is 0.0117. The molecule has 0 radical (unpaired) electrons. The number of nitrogens with one attached hydrogen (secondary N) is 3. The lowest BCUT2D eigenvalue weighted by Gasteiger charge is -2.20. The number of hydrogen-bond donors (Lipinski definition) is 5. The number of imidazole rings is 1. The molecule has 3 amide bonds.